The van der Waals surface area contributed by atoms with Crippen LogP contribution in [0.25, 0.3) is 0 Å². The summed E-state index contributed by atoms with van der Waals surface area (Å²) in [6.07, 6.45) is 4.12. The molecule has 1 heterocycles. The second-order valence-corrected chi connectivity index (χ2v) is 3.78. The van der Waals surface area contributed by atoms with Gasteiger partial charge in [0.25, 0.3) is 0 Å². The van der Waals surface area contributed by atoms with E-state index in [1.165, 1.54) is 0 Å². The summed E-state index contributed by atoms with van der Waals surface area (Å²) in [4.78, 5) is 15.1. The van der Waals surface area contributed by atoms with E-state index in [1.807, 2.05) is 6.07 Å². The van der Waals surface area contributed by atoms with Crippen molar-refractivity contribution >= 4 is 17.4 Å². The SMILES string of the molecule is O=C1CCC(c2ccc(Cl)nc2)C1. The molecule has 68 valence electrons. The number of halogens is 1. The number of aromatic nitrogens is 1. The minimum absolute atomic E-state index is 0.361. The minimum Gasteiger partial charge on any atom is -0.300 e. The molecule has 2 nitrogen and oxygen atoms in total. The van der Waals surface area contributed by atoms with E-state index in [0.717, 1.165) is 12.0 Å². The third-order valence-electron chi connectivity index (χ3n) is 2.47. The van der Waals surface area contributed by atoms with Gasteiger partial charge in [-0.3, -0.25) is 4.79 Å². The molecule has 0 spiro atoms. The van der Waals surface area contributed by atoms with E-state index in [1.54, 1.807) is 12.3 Å². The van der Waals surface area contributed by atoms with Crippen LogP contribution in [-0.4, -0.2) is 10.8 Å². The highest BCUT2D eigenvalue weighted by Crippen LogP contribution is 2.31. The van der Waals surface area contributed by atoms with E-state index in [4.69, 9.17) is 11.6 Å². The number of hydrogen-bond acceptors (Lipinski definition) is 2. The monoisotopic (exact) mass is 195 g/mol. The van der Waals surface area contributed by atoms with Crippen LogP contribution >= 0.6 is 11.6 Å². The van der Waals surface area contributed by atoms with Gasteiger partial charge in [-0.05, 0) is 24.0 Å². The van der Waals surface area contributed by atoms with E-state index in [9.17, 15) is 4.79 Å². The average Bonchev–Trinajstić information content (AvgIpc) is 2.53. The van der Waals surface area contributed by atoms with Crippen LogP contribution in [0.15, 0.2) is 18.3 Å². The van der Waals surface area contributed by atoms with Gasteiger partial charge in [0.05, 0.1) is 0 Å². The summed E-state index contributed by atoms with van der Waals surface area (Å²) in [5, 5.41) is 0.507. The van der Waals surface area contributed by atoms with Gasteiger partial charge in [0.15, 0.2) is 0 Å². The van der Waals surface area contributed by atoms with Crippen LogP contribution in [0, 0.1) is 0 Å². The Morgan fingerprint density at radius 1 is 1.46 bits per heavy atom. The number of pyridine rings is 1. The van der Waals surface area contributed by atoms with Crippen LogP contribution in [0.3, 0.4) is 0 Å². The molecule has 1 fully saturated rings. The molecular formula is C10H10ClNO. The Morgan fingerprint density at radius 3 is 2.85 bits per heavy atom. The van der Waals surface area contributed by atoms with E-state index in [0.29, 0.717) is 29.7 Å². The second-order valence-electron chi connectivity index (χ2n) is 3.39. The molecule has 0 saturated heterocycles. The van der Waals surface area contributed by atoms with E-state index in [2.05, 4.69) is 4.98 Å². The lowest BCUT2D eigenvalue weighted by Gasteiger charge is -2.06. The highest BCUT2D eigenvalue weighted by Gasteiger charge is 2.23. The van der Waals surface area contributed by atoms with Crippen LogP contribution in [0.5, 0.6) is 0 Å². The largest absolute Gasteiger partial charge is 0.300 e. The molecular weight excluding hydrogens is 186 g/mol. The predicted octanol–water partition coefficient (Wildman–Crippen LogP) is 2.57. The average molecular weight is 196 g/mol. The fraction of sp³-hybridized carbons (Fsp3) is 0.400. The highest BCUT2D eigenvalue weighted by atomic mass is 35.5. The first kappa shape index (κ1) is 8.70. The van der Waals surface area contributed by atoms with Crippen molar-refractivity contribution in [2.24, 2.45) is 0 Å². The van der Waals surface area contributed by atoms with Crippen molar-refractivity contribution in [1.82, 2.24) is 4.98 Å². The maximum Gasteiger partial charge on any atom is 0.133 e. The Balaban J connectivity index is 2.17. The molecule has 0 N–H and O–H groups in total. The van der Waals surface area contributed by atoms with Gasteiger partial charge in [-0.2, -0.15) is 0 Å². The molecule has 0 radical (unpaired) electrons. The van der Waals surface area contributed by atoms with E-state index >= 15 is 0 Å². The molecule has 0 aromatic carbocycles. The minimum atomic E-state index is 0.361. The van der Waals surface area contributed by atoms with Gasteiger partial charge in [-0.1, -0.05) is 17.7 Å². The normalized spacial score (nSPS) is 22.2. The molecule has 1 saturated carbocycles. The Labute approximate surface area is 81.9 Å². The van der Waals surface area contributed by atoms with Gasteiger partial charge in [0.1, 0.15) is 10.9 Å². The summed E-state index contributed by atoms with van der Waals surface area (Å²) in [5.41, 5.74) is 1.13. The number of Topliss-reactive ketones (excluding diaryl/α,β-unsaturated/α-hetero) is 1. The number of carbonyl (C=O) groups is 1. The lowest BCUT2D eigenvalue weighted by Crippen LogP contribution is -1.94. The number of nitrogens with zero attached hydrogens (tertiary/aromatic N) is 1. The number of hydrogen-bond donors (Lipinski definition) is 0. The lowest BCUT2D eigenvalue weighted by atomic mass is 10.00. The molecule has 1 aromatic rings. The molecule has 0 aliphatic heterocycles. The van der Waals surface area contributed by atoms with Gasteiger partial charge >= 0.3 is 0 Å². The smallest absolute Gasteiger partial charge is 0.133 e. The van der Waals surface area contributed by atoms with Crippen molar-refractivity contribution in [2.45, 2.75) is 25.2 Å². The van der Waals surface area contributed by atoms with Crippen molar-refractivity contribution in [2.75, 3.05) is 0 Å². The van der Waals surface area contributed by atoms with Crippen molar-refractivity contribution in [1.29, 1.82) is 0 Å². The van der Waals surface area contributed by atoms with Crippen molar-refractivity contribution in [3.63, 3.8) is 0 Å². The second kappa shape index (κ2) is 3.46. The van der Waals surface area contributed by atoms with Gasteiger partial charge in [-0.15, -0.1) is 0 Å². The first-order valence-corrected chi connectivity index (χ1v) is 4.76. The van der Waals surface area contributed by atoms with Crippen LogP contribution in [0.4, 0.5) is 0 Å². The zero-order chi connectivity index (χ0) is 9.26. The molecule has 1 aromatic heterocycles. The van der Waals surface area contributed by atoms with Crippen molar-refractivity contribution in [3.05, 3.63) is 29.0 Å². The van der Waals surface area contributed by atoms with E-state index in [-0.39, 0.29) is 0 Å². The number of ketones is 1. The zero-order valence-electron chi connectivity index (χ0n) is 7.16. The van der Waals surface area contributed by atoms with Gasteiger partial charge in [0, 0.05) is 19.0 Å². The maximum atomic E-state index is 11.0. The predicted molar refractivity (Wildman–Crippen MR) is 50.8 cm³/mol. The van der Waals surface area contributed by atoms with Gasteiger partial charge in [0.2, 0.25) is 0 Å². The standard InChI is InChI=1S/C10H10ClNO/c11-10-4-2-8(6-12-10)7-1-3-9(13)5-7/h2,4,6-7H,1,3,5H2. The summed E-state index contributed by atoms with van der Waals surface area (Å²) in [5.74, 6) is 0.734. The fourth-order valence-electron chi connectivity index (χ4n) is 1.73. The molecule has 0 bridgehead atoms. The van der Waals surface area contributed by atoms with Crippen molar-refractivity contribution in [3.8, 4) is 0 Å². The summed E-state index contributed by atoms with van der Waals surface area (Å²) in [7, 11) is 0. The summed E-state index contributed by atoms with van der Waals surface area (Å²) >= 11 is 5.67. The lowest BCUT2D eigenvalue weighted by molar-refractivity contribution is -0.117. The molecule has 0 amide bonds. The Kier molecular flexibility index (Phi) is 2.32. The molecule has 1 aliphatic carbocycles. The highest BCUT2D eigenvalue weighted by molar-refractivity contribution is 6.29. The molecule has 13 heavy (non-hydrogen) atoms. The van der Waals surface area contributed by atoms with Crippen LogP contribution < -0.4 is 0 Å². The summed E-state index contributed by atoms with van der Waals surface area (Å²) < 4.78 is 0. The zero-order valence-corrected chi connectivity index (χ0v) is 7.92. The quantitative estimate of drug-likeness (QED) is 0.645. The van der Waals surface area contributed by atoms with Crippen LogP contribution in [-0.2, 0) is 4.79 Å². The summed E-state index contributed by atoms with van der Waals surface area (Å²) in [6, 6.07) is 3.73. The third-order valence-corrected chi connectivity index (χ3v) is 2.69. The van der Waals surface area contributed by atoms with E-state index < -0.39 is 0 Å². The number of carbonyl (C=O) groups excluding carboxylic acids is 1. The van der Waals surface area contributed by atoms with Crippen molar-refractivity contribution < 1.29 is 4.79 Å². The summed E-state index contributed by atoms with van der Waals surface area (Å²) in [6.45, 7) is 0. The van der Waals surface area contributed by atoms with Gasteiger partial charge < -0.3 is 0 Å². The first-order chi connectivity index (χ1) is 6.25. The molecule has 1 atom stereocenters. The Hall–Kier alpha value is -0.890. The van der Waals surface area contributed by atoms with Gasteiger partial charge in [-0.25, -0.2) is 4.98 Å². The topological polar surface area (TPSA) is 30.0 Å². The molecule has 2 rings (SSSR count). The maximum absolute atomic E-state index is 11.0. The molecule has 1 unspecified atom stereocenters. The molecule has 3 heteroatoms. The Bertz CT molecular complexity index is 320. The molecule has 1 aliphatic rings. The fourth-order valence-corrected chi connectivity index (χ4v) is 1.84. The number of rotatable bonds is 1. The Morgan fingerprint density at radius 2 is 2.31 bits per heavy atom. The third kappa shape index (κ3) is 1.89. The van der Waals surface area contributed by atoms with Crippen LogP contribution in [0.2, 0.25) is 5.15 Å². The first-order valence-electron chi connectivity index (χ1n) is 4.39. The van der Waals surface area contributed by atoms with Crippen LogP contribution in [0.1, 0.15) is 30.7 Å².